The third-order valence-corrected chi connectivity index (χ3v) is 12.9. The van der Waals surface area contributed by atoms with E-state index in [1.165, 1.54) is 38.8 Å². The fourth-order valence-corrected chi connectivity index (χ4v) is 10.6. The molecule has 2 aliphatic heterocycles. The van der Waals surface area contributed by atoms with E-state index in [2.05, 4.69) is 54.8 Å². The van der Waals surface area contributed by atoms with Gasteiger partial charge in [-0.1, -0.05) is 62.1 Å². The highest BCUT2D eigenvalue weighted by Crippen LogP contribution is 2.67. The summed E-state index contributed by atoms with van der Waals surface area (Å²) in [5.41, 5.74) is 14.5. The van der Waals surface area contributed by atoms with Crippen LogP contribution >= 0.6 is 0 Å². The van der Waals surface area contributed by atoms with E-state index in [0.29, 0.717) is 17.9 Å². The summed E-state index contributed by atoms with van der Waals surface area (Å²) < 4.78 is 11.2. The van der Waals surface area contributed by atoms with Crippen molar-refractivity contribution in [3.05, 3.63) is 95.1 Å². The first kappa shape index (κ1) is 34.8. The second kappa shape index (κ2) is 14.1. The van der Waals surface area contributed by atoms with Crippen LogP contribution in [0.1, 0.15) is 87.0 Å². The predicted octanol–water partition coefficient (Wildman–Crippen LogP) is 7.45. The van der Waals surface area contributed by atoms with Gasteiger partial charge in [0.05, 0.1) is 13.2 Å². The number of amides is 1. The second-order valence-electron chi connectivity index (χ2n) is 15.7. The van der Waals surface area contributed by atoms with Crippen LogP contribution in [0.4, 0.5) is 4.79 Å². The summed E-state index contributed by atoms with van der Waals surface area (Å²) >= 11 is 0. The Bertz CT molecular complexity index is 1680. The molecule has 266 valence electrons. The van der Waals surface area contributed by atoms with Crippen LogP contribution in [0.5, 0.6) is 5.75 Å². The monoisotopic (exact) mass is 677 g/mol. The summed E-state index contributed by atoms with van der Waals surface area (Å²) in [6, 6.07) is 15.4. The van der Waals surface area contributed by atoms with Gasteiger partial charge in [0.25, 0.3) is 0 Å². The Hall–Kier alpha value is -3.68. The molecule has 2 bridgehead atoms. The van der Waals surface area contributed by atoms with Crippen LogP contribution in [0.15, 0.2) is 72.8 Å². The average Bonchev–Trinajstić information content (AvgIpc) is 3.88. The fourth-order valence-electron chi connectivity index (χ4n) is 10.6. The van der Waals surface area contributed by atoms with Crippen LogP contribution in [-0.2, 0) is 21.4 Å². The van der Waals surface area contributed by atoms with E-state index in [1.807, 2.05) is 31.2 Å². The molecule has 2 heterocycles. The molecule has 50 heavy (non-hydrogen) atoms. The van der Waals surface area contributed by atoms with E-state index in [0.717, 1.165) is 78.5 Å². The van der Waals surface area contributed by atoms with Gasteiger partial charge >= 0.3 is 6.09 Å². The number of nitrogens with two attached hydrogens (primary N) is 1. The van der Waals surface area contributed by atoms with E-state index in [9.17, 15) is 9.59 Å². The van der Waals surface area contributed by atoms with Crippen molar-refractivity contribution in [2.45, 2.75) is 88.6 Å². The number of carbonyl (C=O) groups excluding carboxylic acids is 2. The molecule has 7 nitrogen and oxygen atoms in total. The largest absolute Gasteiger partial charge is 0.497 e. The lowest BCUT2D eigenvalue weighted by atomic mass is 9.61. The van der Waals surface area contributed by atoms with Crippen molar-refractivity contribution in [3.8, 4) is 5.75 Å². The number of piperidine rings is 1. The van der Waals surface area contributed by atoms with E-state index < -0.39 is 6.09 Å². The summed E-state index contributed by atoms with van der Waals surface area (Å²) in [6.07, 6.45) is 15.6. The highest BCUT2D eigenvalue weighted by atomic mass is 16.6. The molecule has 8 rings (SSSR count). The maximum absolute atomic E-state index is 12.5. The summed E-state index contributed by atoms with van der Waals surface area (Å²) in [5, 5.41) is 0. The Kier molecular flexibility index (Phi) is 9.83. The normalized spacial score (nSPS) is 30.8. The van der Waals surface area contributed by atoms with Gasteiger partial charge in [-0.05, 0) is 122 Å². The molecule has 6 aliphatic rings. The van der Waals surface area contributed by atoms with E-state index in [-0.39, 0.29) is 24.0 Å². The molecular weight excluding hydrogens is 622 g/mol. The zero-order valence-corrected chi connectivity index (χ0v) is 30.2. The Morgan fingerprint density at radius 2 is 1.96 bits per heavy atom. The molecule has 7 heteroatoms. The minimum Gasteiger partial charge on any atom is -0.497 e. The molecule has 2 saturated heterocycles. The first-order valence-electron chi connectivity index (χ1n) is 18.9. The van der Waals surface area contributed by atoms with Crippen LogP contribution in [0, 0.1) is 17.3 Å². The zero-order chi connectivity index (χ0) is 35.0. The Morgan fingerprint density at radius 3 is 2.68 bits per heavy atom. The van der Waals surface area contributed by atoms with Gasteiger partial charge in [-0.15, -0.1) is 0 Å². The molecule has 0 aromatic heterocycles. The van der Waals surface area contributed by atoms with Crippen LogP contribution in [-0.4, -0.2) is 74.2 Å². The second-order valence-corrected chi connectivity index (χ2v) is 15.7. The molecular formula is C43H55N3O4. The van der Waals surface area contributed by atoms with Crippen LogP contribution in [0.3, 0.4) is 0 Å². The van der Waals surface area contributed by atoms with Gasteiger partial charge < -0.3 is 20.0 Å². The minimum absolute atomic E-state index is 0.0150. The Balaban J connectivity index is 0.000000157. The molecule has 1 amide bonds. The number of hydrogen-bond acceptors (Lipinski definition) is 6. The number of hydrogen-bond donors (Lipinski definition) is 1. The smallest absolute Gasteiger partial charge is 0.410 e. The van der Waals surface area contributed by atoms with E-state index in [4.69, 9.17) is 15.2 Å². The number of rotatable bonds is 10. The summed E-state index contributed by atoms with van der Waals surface area (Å²) in [5.74, 6) is 2.67. The van der Waals surface area contributed by atoms with Crippen molar-refractivity contribution < 1.29 is 19.1 Å². The van der Waals surface area contributed by atoms with Crippen molar-refractivity contribution in [3.63, 3.8) is 0 Å². The zero-order valence-electron chi connectivity index (χ0n) is 30.2. The number of benzene rings is 2. The standard InChI is InChI=1S/C22H25NO3.C21H30N2O/c1-3-9-18-17(4-2)19-11-5-6-12-20(19)21(18)15-26-22(25)23-13-8-7-10-16(23)14-24;1-14-19-20(13-23(19)11-15-3-4-15)10-16-5-6-17(24-2)9-18(16)21(14,12-20)7-8-22/h3-6,9,11-12,14,16,21H,2,7-8,10,13,15H2,1H3;5-6,9,14-15,19H,3-4,7-8,10-13,22H2,1-2H3/b9-3-;/t;14-,19?,20?,21?/m.0/s1. The van der Waals surface area contributed by atoms with E-state index in [1.54, 1.807) is 23.1 Å². The van der Waals surface area contributed by atoms with Crippen LogP contribution in [0.25, 0.3) is 5.57 Å². The summed E-state index contributed by atoms with van der Waals surface area (Å²) in [4.78, 5) is 28.2. The van der Waals surface area contributed by atoms with Crippen LogP contribution in [0.2, 0.25) is 0 Å². The Labute approximate surface area is 298 Å². The van der Waals surface area contributed by atoms with Gasteiger partial charge in [-0.3, -0.25) is 9.80 Å². The van der Waals surface area contributed by atoms with Gasteiger partial charge in [0.1, 0.15) is 18.6 Å². The van der Waals surface area contributed by atoms with Crippen molar-refractivity contribution in [2.75, 3.05) is 39.9 Å². The first-order chi connectivity index (χ1) is 24.3. The molecule has 1 spiro atoms. The molecule has 5 unspecified atom stereocenters. The third kappa shape index (κ3) is 5.94. The molecule has 2 aromatic carbocycles. The molecule has 2 saturated carbocycles. The maximum atomic E-state index is 12.5. The fraction of sp³-hybridized carbons (Fsp3) is 0.535. The molecule has 6 atom stereocenters. The molecule has 2 aromatic rings. The molecule has 0 radical (unpaired) electrons. The first-order valence-corrected chi connectivity index (χ1v) is 18.9. The van der Waals surface area contributed by atoms with Crippen molar-refractivity contribution in [1.82, 2.24) is 9.80 Å². The van der Waals surface area contributed by atoms with Gasteiger partial charge in [-0.2, -0.15) is 0 Å². The highest BCUT2D eigenvalue weighted by Gasteiger charge is 2.69. The lowest BCUT2D eigenvalue weighted by Crippen LogP contribution is -2.64. The summed E-state index contributed by atoms with van der Waals surface area (Å²) in [7, 11) is 1.78. The lowest BCUT2D eigenvalue weighted by Gasteiger charge is -2.56. The SMILES string of the molecule is C=CC1=C(/C=C\C)C(COC(=O)N2CCCCC2C=O)c2ccccc21.COc1ccc2c(c1)C1(CCN)CC3(C2)CN(CC2CC2)C3[C@@H]1C. The van der Waals surface area contributed by atoms with Crippen molar-refractivity contribution >= 4 is 18.0 Å². The molecule has 2 N–H and O–H groups in total. The minimum atomic E-state index is -0.397. The van der Waals surface area contributed by atoms with Crippen molar-refractivity contribution in [1.29, 1.82) is 0 Å². The lowest BCUT2D eigenvalue weighted by molar-refractivity contribution is -0.113. The number of carbonyl (C=O) groups is 2. The number of ether oxygens (including phenoxy) is 2. The number of likely N-dealkylation sites (tertiary alicyclic amines) is 2. The molecule has 4 fully saturated rings. The van der Waals surface area contributed by atoms with Crippen LogP contribution < -0.4 is 10.5 Å². The number of methoxy groups -OCH3 is 1. The number of fused-ring (bicyclic) bond motifs is 4. The summed E-state index contributed by atoms with van der Waals surface area (Å²) in [6.45, 7) is 12.7. The van der Waals surface area contributed by atoms with Crippen molar-refractivity contribution in [2.24, 2.45) is 23.0 Å². The van der Waals surface area contributed by atoms with Gasteiger partial charge in [0, 0.05) is 42.4 Å². The third-order valence-electron chi connectivity index (χ3n) is 12.9. The quantitative estimate of drug-likeness (QED) is 0.263. The molecule has 4 aliphatic carbocycles. The predicted molar refractivity (Wildman–Crippen MR) is 199 cm³/mol. The number of allylic oxidation sites excluding steroid dienone is 4. The Morgan fingerprint density at radius 1 is 1.14 bits per heavy atom. The number of nitrogens with zero attached hydrogens (tertiary/aromatic N) is 2. The van der Waals surface area contributed by atoms with Gasteiger partial charge in [0.2, 0.25) is 0 Å². The maximum Gasteiger partial charge on any atom is 0.410 e. The van der Waals surface area contributed by atoms with E-state index >= 15 is 0 Å². The average molecular weight is 678 g/mol. The number of aldehydes is 1. The topological polar surface area (TPSA) is 85.1 Å². The van der Waals surface area contributed by atoms with Gasteiger partial charge in [0.15, 0.2) is 0 Å². The highest BCUT2D eigenvalue weighted by molar-refractivity contribution is 5.86. The van der Waals surface area contributed by atoms with Gasteiger partial charge in [-0.25, -0.2) is 4.79 Å².